The largest absolute Gasteiger partial charge is 0.476 e. The summed E-state index contributed by atoms with van der Waals surface area (Å²) in [7, 11) is 3.99. The van der Waals surface area contributed by atoms with Gasteiger partial charge in [-0.05, 0) is 45.5 Å². The molecule has 1 N–H and O–H groups in total. The van der Waals surface area contributed by atoms with Crippen LogP contribution in [0.3, 0.4) is 0 Å². The molecule has 0 aliphatic heterocycles. The lowest BCUT2D eigenvalue weighted by Crippen LogP contribution is -2.27. The van der Waals surface area contributed by atoms with Crippen molar-refractivity contribution >= 4 is 11.6 Å². The summed E-state index contributed by atoms with van der Waals surface area (Å²) in [6.07, 6.45) is 3.43. The molecule has 25 heavy (non-hydrogen) atoms. The predicted octanol–water partition coefficient (Wildman–Crippen LogP) is 3.00. The van der Waals surface area contributed by atoms with E-state index in [-0.39, 0.29) is 11.3 Å². The number of nitrogens with zero attached hydrogens (tertiary/aromatic N) is 2. The van der Waals surface area contributed by atoms with Crippen molar-refractivity contribution in [3.05, 3.63) is 53.7 Å². The zero-order valence-corrected chi connectivity index (χ0v) is 15.1. The number of hydrogen-bond donors (Lipinski definition) is 1. The van der Waals surface area contributed by atoms with E-state index in [1.54, 1.807) is 12.3 Å². The molecular weight excluding hydrogens is 314 g/mol. The second kappa shape index (κ2) is 7.23. The zero-order chi connectivity index (χ0) is 17.9. The highest BCUT2D eigenvalue weighted by Gasteiger charge is 2.51. The Kier molecular flexibility index (Phi) is 5.04. The fourth-order valence-corrected chi connectivity index (χ4v) is 2.77. The topological polar surface area (TPSA) is 54.5 Å². The summed E-state index contributed by atoms with van der Waals surface area (Å²) in [5.74, 6) is 0.610. The van der Waals surface area contributed by atoms with Crippen molar-refractivity contribution in [2.24, 2.45) is 0 Å². The summed E-state index contributed by atoms with van der Waals surface area (Å²) >= 11 is 0. The van der Waals surface area contributed by atoms with Gasteiger partial charge in [0, 0.05) is 12.6 Å². The van der Waals surface area contributed by atoms with Gasteiger partial charge in [0.1, 0.15) is 6.61 Å². The molecule has 0 radical (unpaired) electrons. The number of rotatable bonds is 7. The fourth-order valence-electron chi connectivity index (χ4n) is 2.77. The fraction of sp³-hybridized carbons (Fsp3) is 0.400. The summed E-state index contributed by atoms with van der Waals surface area (Å²) in [5, 5.41) is 2.99. The van der Waals surface area contributed by atoms with Crippen LogP contribution in [0.15, 0.2) is 42.6 Å². The van der Waals surface area contributed by atoms with E-state index < -0.39 is 0 Å². The minimum Gasteiger partial charge on any atom is -0.476 e. The van der Waals surface area contributed by atoms with Crippen molar-refractivity contribution in [1.82, 2.24) is 9.88 Å². The van der Waals surface area contributed by atoms with Crippen molar-refractivity contribution in [2.75, 3.05) is 32.6 Å². The molecule has 1 fully saturated rings. The summed E-state index contributed by atoms with van der Waals surface area (Å²) in [4.78, 5) is 19.0. The zero-order valence-electron chi connectivity index (χ0n) is 15.1. The van der Waals surface area contributed by atoms with E-state index in [1.165, 1.54) is 5.56 Å². The van der Waals surface area contributed by atoms with Crippen molar-refractivity contribution in [3.8, 4) is 5.88 Å². The first-order valence-corrected chi connectivity index (χ1v) is 8.62. The predicted molar refractivity (Wildman–Crippen MR) is 99.0 cm³/mol. The summed E-state index contributed by atoms with van der Waals surface area (Å²) < 4.78 is 5.57. The van der Waals surface area contributed by atoms with Crippen LogP contribution in [0.4, 0.5) is 5.69 Å². The van der Waals surface area contributed by atoms with Crippen molar-refractivity contribution in [1.29, 1.82) is 0 Å². The number of ether oxygens (including phenoxy) is 1. The molecule has 3 rings (SSSR count). The Morgan fingerprint density at radius 2 is 1.92 bits per heavy atom. The summed E-state index contributed by atoms with van der Waals surface area (Å²) in [6, 6.07) is 11.9. The lowest BCUT2D eigenvalue weighted by molar-refractivity contribution is -0.118. The van der Waals surface area contributed by atoms with Gasteiger partial charge in [-0.15, -0.1) is 0 Å². The number of carbonyl (C=O) groups excluding carboxylic acids is 1. The highest BCUT2D eigenvalue weighted by Crippen LogP contribution is 2.49. The van der Waals surface area contributed by atoms with Crippen LogP contribution in [0.2, 0.25) is 0 Å². The van der Waals surface area contributed by atoms with Crippen LogP contribution in [-0.4, -0.2) is 43.0 Å². The molecule has 0 spiro atoms. The number of pyridine rings is 1. The Bertz CT molecular complexity index is 720. The number of nitrogens with one attached hydrogen (secondary N) is 1. The van der Waals surface area contributed by atoms with Gasteiger partial charge >= 0.3 is 0 Å². The van der Waals surface area contributed by atoms with Gasteiger partial charge < -0.3 is 15.0 Å². The SMILES string of the molecule is Cc1ccc(C2(C(=O)Nc3ccc(OCCN(C)C)nc3)CC2)cc1. The van der Waals surface area contributed by atoms with Gasteiger partial charge in [-0.25, -0.2) is 4.98 Å². The smallest absolute Gasteiger partial charge is 0.235 e. The van der Waals surface area contributed by atoms with Gasteiger partial charge in [0.25, 0.3) is 0 Å². The van der Waals surface area contributed by atoms with E-state index in [0.717, 1.165) is 24.9 Å². The molecular formula is C20H25N3O2. The van der Waals surface area contributed by atoms with E-state index >= 15 is 0 Å². The van der Waals surface area contributed by atoms with Gasteiger partial charge in [-0.1, -0.05) is 29.8 Å². The van der Waals surface area contributed by atoms with Gasteiger partial charge in [-0.2, -0.15) is 0 Å². The Hall–Kier alpha value is -2.40. The molecule has 1 aliphatic rings. The first kappa shape index (κ1) is 17.4. The Labute approximate surface area is 149 Å². The molecule has 1 amide bonds. The van der Waals surface area contributed by atoms with E-state index in [2.05, 4.69) is 46.4 Å². The lowest BCUT2D eigenvalue weighted by atomic mass is 9.94. The molecule has 0 bridgehead atoms. The minimum atomic E-state index is -0.380. The standard InChI is InChI=1S/C20H25N3O2/c1-15-4-6-16(7-5-15)20(10-11-20)19(24)22-17-8-9-18(21-14-17)25-13-12-23(2)3/h4-9,14H,10-13H2,1-3H3,(H,22,24). The first-order chi connectivity index (χ1) is 12.0. The maximum atomic E-state index is 12.7. The first-order valence-electron chi connectivity index (χ1n) is 8.62. The second-order valence-electron chi connectivity index (χ2n) is 6.94. The number of likely N-dealkylation sites (N-methyl/N-ethyl adjacent to an activating group) is 1. The number of amides is 1. The van der Waals surface area contributed by atoms with E-state index in [1.807, 2.05) is 20.2 Å². The van der Waals surface area contributed by atoms with Crippen LogP contribution in [-0.2, 0) is 10.2 Å². The Morgan fingerprint density at radius 1 is 1.20 bits per heavy atom. The van der Waals surface area contributed by atoms with Crippen LogP contribution < -0.4 is 10.1 Å². The monoisotopic (exact) mass is 339 g/mol. The molecule has 1 aromatic heterocycles. The molecule has 5 nitrogen and oxygen atoms in total. The average molecular weight is 339 g/mol. The maximum Gasteiger partial charge on any atom is 0.235 e. The van der Waals surface area contributed by atoms with Crippen LogP contribution in [0.5, 0.6) is 5.88 Å². The number of carbonyl (C=O) groups is 1. The Morgan fingerprint density at radius 3 is 2.48 bits per heavy atom. The van der Waals surface area contributed by atoms with Gasteiger partial charge in [-0.3, -0.25) is 4.79 Å². The van der Waals surface area contributed by atoms with Crippen LogP contribution in [0.25, 0.3) is 0 Å². The molecule has 132 valence electrons. The van der Waals surface area contributed by atoms with Crippen molar-refractivity contribution in [3.63, 3.8) is 0 Å². The van der Waals surface area contributed by atoms with Gasteiger partial charge in [0.05, 0.1) is 17.3 Å². The van der Waals surface area contributed by atoms with E-state index in [0.29, 0.717) is 18.2 Å². The molecule has 1 aliphatic carbocycles. The molecule has 1 aromatic carbocycles. The minimum absolute atomic E-state index is 0.0411. The number of hydrogen-bond acceptors (Lipinski definition) is 4. The van der Waals surface area contributed by atoms with Crippen molar-refractivity contribution < 1.29 is 9.53 Å². The molecule has 5 heteroatoms. The third-order valence-corrected chi connectivity index (χ3v) is 4.57. The number of benzene rings is 1. The summed E-state index contributed by atoms with van der Waals surface area (Å²) in [6.45, 7) is 3.47. The highest BCUT2D eigenvalue weighted by molar-refractivity contribution is 6.01. The highest BCUT2D eigenvalue weighted by atomic mass is 16.5. The van der Waals surface area contributed by atoms with Crippen LogP contribution in [0.1, 0.15) is 24.0 Å². The quantitative estimate of drug-likeness (QED) is 0.842. The molecule has 0 atom stereocenters. The average Bonchev–Trinajstić information content (AvgIpc) is 3.39. The summed E-state index contributed by atoms with van der Waals surface area (Å²) in [5.41, 5.74) is 2.61. The van der Waals surface area contributed by atoms with Gasteiger partial charge in [0.15, 0.2) is 0 Å². The third kappa shape index (κ3) is 4.17. The maximum absolute atomic E-state index is 12.7. The second-order valence-corrected chi connectivity index (χ2v) is 6.94. The van der Waals surface area contributed by atoms with Gasteiger partial charge in [0.2, 0.25) is 11.8 Å². The molecule has 0 saturated heterocycles. The molecule has 2 aromatic rings. The van der Waals surface area contributed by atoms with E-state index in [4.69, 9.17) is 4.74 Å². The van der Waals surface area contributed by atoms with Crippen LogP contribution in [0, 0.1) is 6.92 Å². The molecule has 1 saturated carbocycles. The molecule has 0 unspecified atom stereocenters. The van der Waals surface area contributed by atoms with Crippen LogP contribution >= 0.6 is 0 Å². The Balaban J connectivity index is 1.60. The molecule has 1 heterocycles. The van der Waals surface area contributed by atoms with E-state index in [9.17, 15) is 4.79 Å². The number of aryl methyl sites for hydroxylation is 1. The van der Waals surface area contributed by atoms with Crippen molar-refractivity contribution in [2.45, 2.75) is 25.2 Å². The number of anilines is 1. The lowest BCUT2D eigenvalue weighted by Gasteiger charge is -2.16. The third-order valence-electron chi connectivity index (χ3n) is 4.57. The normalized spacial score (nSPS) is 15.0. The number of aromatic nitrogens is 1.